The Kier molecular flexibility index (Phi) is 7.18. The average Bonchev–Trinajstić information content (AvgIpc) is 3.16. The third-order valence-corrected chi connectivity index (χ3v) is 6.24. The van der Waals surface area contributed by atoms with Gasteiger partial charge in [-0.25, -0.2) is 9.59 Å². The molecule has 4 rings (SSSR count). The Morgan fingerprint density at radius 3 is 2.26 bits per heavy atom. The van der Waals surface area contributed by atoms with Crippen LogP contribution in [0.15, 0.2) is 71.2 Å². The monoisotopic (exact) mass is 532 g/mol. The van der Waals surface area contributed by atoms with Crippen molar-refractivity contribution in [2.75, 3.05) is 11.9 Å². The molecule has 1 aliphatic rings. The number of carbonyl (C=O) groups is 3. The first-order chi connectivity index (χ1) is 16.9. The zero-order chi connectivity index (χ0) is 24.9. The van der Waals surface area contributed by atoms with Crippen LogP contribution in [-0.2, 0) is 9.53 Å². The summed E-state index contributed by atoms with van der Waals surface area (Å²) in [6.45, 7) is 0.0824. The number of ether oxygens (including phenoxy) is 1. The number of amides is 2. The summed E-state index contributed by atoms with van der Waals surface area (Å²) in [6, 6.07) is 19.2. The molecule has 3 N–H and O–H groups in total. The summed E-state index contributed by atoms with van der Waals surface area (Å²) < 4.78 is 6.08. The van der Waals surface area contributed by atoms with Crippen molar-refractivity contribution in [1.82, 2.24) is 5.32 Å². The largest absolute Gasteiger partial charge is 0.478 e. The second kappa shape index (κ2) is 10.5. The van der Waals surface area contributed by atoms with Crippen molar-refractivity contribution in [2.45, 2.75) is 18.4 Å². The lowest BCUT2D eigenvalue weighted by Gasteiger charge is -2.19. The van der Waals surface area contributed by atoms with Crippen molar-refractivity contribution >= 4 is 39.6 Å². The number of halogens is 1. The van der Waals surface area contributed by atoms with Gasteiger partial charge in [0.2, 0.25) is 5.91 Å². The van der Waals surface area contributed by atoms with E-state index < -0.39 is 24.0 Å². The Labute approximate surface area is 210 Å². The van der Waals surface area contributed by atoms with Gasteiger partial charge in [-0.3, -0.25) is 4.79 Å². The zero-order valence-corrected chi connectivity index (χ0v) is 20.0. The number of carbonyl (C=O) groups excluding carboxylic acids is 2. The molecular weight excluding hydrogens is 512 g/mol. The number of anilines is 1. The average molecular weight is 533 g/mol. The number of benzene rings is 3. The number of terminal acetylenes is 1. The third kappa shape index (κ3) is 5.20. The minimum absolute atomic E-state index is 0.0771. The Balaban J connectivity index is 1.44. The number of alkyl carbamates (subject to hydrolysis) is 1. The molecule has 35 heavy (non-hydrogen) atoms. The van der Waals surface area contributed by atoms with Crippen LogP contribution in [0.2, 0.25) is 0 Å². The minimum atomic E-state index is -1.20. The topological polar surface area (TPSA) is 105 Å². The Bertz CT molecular complexity index is 1300. The molecule has 1 atom stereocenters. The van der Waals surface area contributed by atoms with E-state index in [9.17, 15) is 19.5 Å². The first-order valence-corrected chi connectivity index (χ1v) is 11.6. The van der Waals surface area contributed by atoms with Gasteiger partial charge in [-0.2, -0.15) is 0 Å². The molecule has 0 saturated carbocycles. The SMILES string of the molecule is C#CCC(NC(=O)OCC1c2ccccc2-c2ccccc21)C(=O)Nc1cc(Br)ccc1C(=O)O. The molecule has 2 amide bonds. The van der Waals surface area contributed by atoms with Gasteiger partial charge in [0.1, 0.15) is 12.6 Å². The van der Waals surface area contributed by atoms with Crippen LogP contribution in [0.4, 0.5) is 10.5 Å². The van der Waals surface area contributed by atoms with E-state index in [4.69, 9.17) is 11.2 Å². The van der Waals surface area contributed by atoms with Crippen molar-refractivity contribution in [2.24, 2.45) is 0 Å². The van der Waals surface area contributed by atoms with Crippen LogP contribution in [0.1, 0.15) is 33.8 Å². The van der Waals surface area contributed by atoms with Gasteiger partial charge in [0.25, 0.3) is 0 Å². The highest BCUT2D eigenvalue weighted by Crippen LogP contribution is 2.44. The lowest BCUT2D eigenvalue weighted by molar-refractivity contribution is -0.118. The standard InChI is InChI=1S/C27H21BrN2O5/c1-2-7-23(25(31)29-24-14-16(28)12-13-21(24)26(32)33)30-27(34)35-15-22-19-10-5-3-8-17(19)18-9-4-6-11-20(18)22/h1,3-6,8-14,22-23H,7,15H2,(H,29,31)(H,30,34)(H,32,33). The second-order valence-electron chi connectivity index (χ2n) is 7.92. The number of nitrogens with one attached hydrogen (secondary N) is 2. The fourth-order valence-corrected chi connectivity index (χ4v) is 4.50. The maximum absolute atomic E-state index is 12.8. The fraction of sp³-hybridized carbons (Fsp3) is 0.148. The summed E-state index contributed by atoms with van der Waals surface area (Å²) >= 11 is 3.25. The molecule has 0 bridgehead atoms. The van der Waals surface area contributed by atoms with Gasteiger partial charge in [0.05, 0.1) is 11.3 Å². The molecule has 0 spiro atoms. The first-order valence-electron chi connectivity index (χ1n) is 10.8. The van der Waals surface area contributed by atoms with Crippen LogP contribution in [0.5, 0.6) is 0 Å². The number of carboxylic acid groups (broad SMARTS) is 1. The van der Waals surface area contributed by atoms with E-state index in [-0.39, 0.29) is 30.2 Å². The van der Waals surface area contributed by atoms with E-state index in [1.807, 2.05) is 48.5 Å². The van der Waals surface area contributed by atoms with Crippen LogP contribution < -0.4 is 10.6 Å². The molecule has 7 nitrogen and oxygen atoms in total. The number of fused-ring (bicyclic) bond motifs is 3. The van der Waals surface area contributed by atoms with E-state index in [2.05, 4.69) is 32.5 Å². The third-order valence-electron chi connectivity index (χ3n) is 5.74. The highest BCUT2D eigenvalue weighted by atomic mass is 79.9. The summed E-state index contributed by atoms with van der Waals surface area (Å²) in [4.78, 5) is 36.9. The van der Waals surface area contributed by atoms with Gasteiger partial charge >= 0.3 is 12.1 Å². The molecule has 1 unspecified atom stereocenters. The molecule has 8 heteroatoms. The molecule has 3 aromatic carbocycles. The number of carboxylic acids is 1. The van der Waals surface area contributed by atoms with Crippen LogP contribution >= 0.6 is 15.9 Å². The van der Waals surface area contributed by atoms with Crippen LogP contribution in [0, 0.1) is 12.3 Å². The predicted octanol–water partition coefficient (Wildman–Crippen LogP) is 5.02. The molecule has 1 aliphatic carbocycles. The fourth-order valence-electron chi connectivity index (χ4n) is 4.14. The maximum Gasteiger partial charge on any atom is 0.407 e. The minimum Gasteiger partial charge on any atom is -0.478 e. The highest BCUT2D eigenvalue weighted by Gasteiger charge is 2.30. The molecular formula is C27H21BrN2O5. The molecule has 0 aromatic heterocycles. The van der Waals surface area contributed by atoms with E-state index in [0.717, 1.165) is 22.3 Å². The summed E-state index contributed by atoms with van der Waals surface area (Å²) in [5, 5.41) is 14.4. The van der Waals surface area contributed by atoms with Gasteiger partial charge in [-0.1, -0.05) is 64.5 Å². The molecule has 176 valence electrons. The van der Waals surface area contributed by atoms with Gasteiger partial charge in [-0.15, -0.1) is 12.3 Å². The summed E-state index contributed by atoms with van der Waals surface area (Å²) in [6.07, 6.45) is 4.49. The van der Waals surface area contributed by atoms with Gasteiger partial charge in [-0.05, 0) is 40.5 Å². The van der Waals surface area contributed by atoms with E-state index >= 15 is 0 Å². The van der Waals surface area contributed by atoms with Gasteiger partial charge in [0.15, 0.2) is 0 Å². The molecule has 3 aromatic rings. The van der Waals surface area contributed by atoms with Gasteiger partial charge < -0.3 is 20.5 Å². The number of hydrogen-bond acceptors (Lipinski definition) is 4. The van der Waals surface area contributed by atoms with Crippen molar-refractivity contribution in [3.8, 4) is 23.5 Å². The quantitative estimate of drug-likeness (QED) is 0.370. The summed E-state index contributed by atoms with van der Waals surface area (Å²) in [5.74, 6) is 0.365. The Hall–Kier alpha value is -4.09. The second-order valence-corrected chi connectivity index (χ2v) is 8.83. The van der Waals surface area contributed by atoms with Crippen molar-refractivity contribution < 1.29 is 24.2 Å². The molecule has 0 aliphatic heterocycles. The lowest BCUT2D eigenvalue weighted by atomic mass is 9.98. The van der Waals surface area contributed by atoms with E-state index in [1.54, 1.807) is 6.07 Å². The smallest absolute Gasteiger partial charge is 0.407 e. The van der Waals surface area contributed by atoms with Crippen molar-refractivity contribution in [3.05, 3.63) is 87.9 Å². The van der Waals surface area contributed by atoms with Gasteiger partial charge in [0, 0.05) is 16.8 Å². The molecule has 0 saturated heterocycles. The first kappa shape index (κ1) is 24.0. The van der Waals surface area contributed by atoms with Crippen molar-refractivity contribution in [1.29, 1.82) is 0 Å². The van der Waals surface area contributed by atoms with Crippen LogP contribution in [0.25, 0.3) is 11.1 Å². The Morgan fingerprint density at radius 2 is 1.66 bits per heavy atom. The maximum atomic E-state index is 12.8. The Morgan fingerprint density at radius 1 is 1.03 bits per heavy atom. The number of rotatable bonds is 7. The highest BCUT2D eigenvalue weighted by molar-refractivity contribution is 9.10. The zero-order valence-electron chi connectivity index (χ0n) is 18.5. The van der Waals surface area contributed by atoms with E-state index in [1.165, 1.54) is 12.1 Å². The van der Waals surface area contributed by atoms with E-state index in [0.29, 0.717) is 4.47 Å². The van der Waals surface area contributed by atoms with Crippen LogP contribution in [-0.4, -0.2) is 35.7 Å². The number of hydrogen-bond donors (Lipinski definition) is 3. The normalized spacial score (nSPS) is 12.6. The summed E-state index contributed by atoms with van der Waals surface area (Å²) in [5.41, 5.74) is 4.32. The van der Waals surface area contributed by atoms with Crippen LogP contribution in [0.3, 0.4) is 0 Å². The molecule has 0 fully saturated rings. The summed E-state index contributed by atoms with van der Waals surface area (Å²) in [7, 11) is 0. The molecule has 0 heterocycles. The number of aromatic carboxylic acids is 1. The lowest BCUT2D eigenvalue weighted by Crippen LogP contribution is -2.44. The van der Waals surface area contributed by atoms with Crippen molar-refractivity contribution in [3.63, 3.8) is 0 Å². The predicted molar refractivity (Wildman–Crippen MR) is 135 cm³/mol. The molecule has 0 radical (unpaired) electrons.